The summed E-state index contributed by atoms with van der Waals surface area (Å²) in [6, 6.07) is 0. The molecule has 0 fully saturated rings. The predicted octanol–water partition coefficient (Wildman–Crippen LogP) is -3.86. The van der Waals surface area contributed by atoms with Crippen molar-refractivity contribution in [3.63, 3.8) is 0 Å². The summed E-state index contributed by atoms with van der Waals surface area (Å²) < 4.78 is 3.54. The molecule has 9 nitrogen and oxygen atoms in total. The number of ether oxygens (including phenoxy) is 1. The van der Waals surface area contributed by atoms with Crippen molar-refractivity contribution in [1.29, 1.82) is 0 Å². The van der Waals surface area contributed by atoms with Gasteiger partial charge in [-0.05, 0) is 0 Å². The van der Waals surface area contributed by atoms with Crippen molar-refractivity contribution in [2.75, 3.05) is 0 Å². The second-order valence-electron chi connectivity index (χ2n) is 2.82. The molecule has 0 bridgehead atoms. The molecule has 0 spiro atoms. The quantitative estimate of drug-likeness (QED) is 0.226. The summed E-state index contributed by atoms with van der Waals surface area (Å²) in [5.41, 5.74) is -2.89. The molecular weight excluding hydrogens is 301 g/mol. The van der Waals surface area contributed by atoms with Crippen LogP contribution in [0.1, 0.15) is 12.8 Å². The second kappa shape index (κ2) is 11.9. The van der Waals surface area contributed by atoms with E-state index in [4.69, 9.17) is 15.3 Å². The molecule has 0 rings (SSSR count). The molecule has 0 aliphatic heterocycles. The molecule has 0 saturated carbocycles. The summed E-state index contributed by atoms with van der Waals surface area (Å²) in [6.07, 6.45) is -4.51. The van der Waals surface area contributed by atoms with Crippen LogP contribution in [0.2, 0.25) is 0 Å². The van der Waals surface area contributed by atoms with E-state index in [1.165, 1.54) is 0 Å². The van der Waals surface area contributed by atoms with Crippen LogP contribution < -0.4 is 0 Å². The van der Waals surface area contributed by atoms with Crippen LogP contribution in [0.25, 0.3) is 0 Å². The van der Waals surface area contributed by atoms with Gasteiger partial charge in [-0.25, -0.2) is 9.59 Å². The van der Waals surface area contributed by atoms with Gasteiger partial charge in [-0.15, -0.1) is 0 Å². The fourth-order valence-corrected chi connectivity index (χ4v) is 0.836. The Kier molecular flexibility index (Phi) is 17.2. The Morgan fingerprint density at radius 3 is 1.58 bits per heavy atom. The molecule has 12 heteroatoms. The first-order chi connectivity index (χ1) is 7.17. The Morgan fingerprint density at radius 2 is 1.32 bits per heavy atom. The molecule has 0 radical (unpaired) electrons. The highest BCUT2D eigenvalue weighted by atomic mass is 24.3. The number of carboxylic acid groups (broad SMARTS) is 3. The molecule has 4 N–H and O–H groups in total. The minimum absolute atomic E-state index is 0. The van der Waals surface area contributed by atoms with Crippen molar-refractivity contribution in [2.24, 2.45) is 0 Å². The van der Waals surface area contributed by atoms with Gasteiger partial charge in [-0.2, -0.15) is 0 Å². The minimum Gasteiger partial charge on any atom is -0.481 e. The fourth-order valence-electron chi connectivity index (χ4n) is 0.836. The van der Waals surface area contributed by atoms with E-state index in [0.29, 0.717) is 0 Å². The zero-order valence-corrected chi connectivity index (χ0v) is 7.74. The third kappa shape index (κ3) is 11.6. The molecule has 0 aliphatic carbocycles. The predicted molar refractivity (Wildman–Crippen MR) is 69.2 cm³/mol. The van der Waals surface area contributed by atoms with Crippen LogP contribution in [-0.4, -0.2) is 119 Å². The van der Waals surface area contributed by atoms with E-state index >= 15 is 0 Å². The normalized spacial score (nSPS) is 11.4. The average Bonchev–Trinajstić information content (AvgIpc) is 1.98. The third-order valence-electron chi connectivity index (χ3n) is 1.48. The highest BCUT2D eigenvalue weighted by molar-refractivity contribution is 5.90. The lowest BCUT2D eigenvalue weighted by Crippen LogP contribution is -2.43. The van der Waals surface area contributed by atoms with Gasteiger partial charge in [0.25, 0.3) is 0 Å². The van der Waals surface area contributed by atoms with Crippen LogP contribution in [0.5, 0.6) is 0 Å². The first-order valence-electron chi connectivity index (χ1n) is 3.78. The number of carbonyl (C=O) groups is 4. The van der Waals surface area contributed by atoms with E-state index in [9.17, 15) is 24.3 Å². The minimum atomic E-state index is -2.89. The van der Waals surface area contributed by atoms with Crippen molar-refractivity contribution in [2.45, 2.75) is 18.4 Å². The smallest absolute Gasteiger partial charge is 0.481 e. The first kappa shape index (κ1) is 27.5. The third-order valence-corrected chi connectivity index (χ3v) is 1.48. The van der Waals surface area contributed by atoms with E-state index in [1.54, 1.807) is 0 Å². The van der Waals surface area contributed by atoms with Gasteiger partial charge in [0.15, 0.2) is 5.60 Å². The van der Waals surface area contributed by atoms with Crippen molar-refractivity contribution in [3.05, 3.63) is 0 Å². The van der Waals surface area contributed by atoms with Gasteiger partial charge < -0.3 is 25.2 Å². The molecule has 1 unspecified atom stereocenters. The lowest BCUT2D eigenvalue weighted by Gasteiger charge is -2.19. The molecule has 0 aliphatic rings. The number of hydrogen-bond donors (Lipinski definition) is 4. The lowest BCUT2D eigenvalue weighted by atomic mass is 9.96. The Balaban J connectivity index is -0.000000375. The van der Waals surface area contributed by atoms with Crippen LogP contribution in [0.3, 0.4) is 0 Å². The Bertz CT molecular complexity index is 345. The summed E-state index contributed by atoms with van der Waals surface area (Å²) in [5, 5.41) is 34.1. The molecule has 1 atom stereocenters. The molecular formula is C7H14Mg3O9. The maximum atomic E-state index is 10.7. The molecule has 0 saturated heterocycles. The first-order valence-corrected chi connectivity index (χ1v) is 3.78. The van der Waals surface area contributed by atoms with E-state index in [1.807, 2.05) is 0 Å². The molecule has 0 aromatic heterocycles. The van der Waals surface area contributed by atoms with Gasteiger partial charge in [-0.3, -0.25) is 9.59 Å². The van der Waals surface area contributed by atoms with Gasteiger partial charge in [0.1, 0.15) is 0 Å². The van der Waals surface area contributed by atoms with Gasteiger partial charge in [0.2, 0.25) is 0 Å². The Labute approximate surface area is 155 Å². The number of esters is 1. The summed E-state index contributed by atoms with van der Waals surface area (Å²) in [5.74, 6) is -5.18. The van der Waals surface area contributed by atoms with Crippen LogP contribution in [-0.2, 0) is 19.1 Å². The van der Waals surface area contributed by atoms with Gasteiger partial charge in [0, 0.05) is 0 Å². The molecule has 0 aromatic rings. The summed E-state index contributed by atoms with van der Waals surface area (Å²) in [6.45, 7) is 0. The molecule has 19 heavy (non-hydrogen) atoms. The summed E-state index contributed by atoms with van der Waals surface area (Å²) in [7, 11) is 0. The zero-order chi connectivity index (χ0) is 12.9. The SMILES string of the molecule is O=C(O)CC(O)(CC(=O)OC(=O)O)C(=O)O.[MgH2].[MgH2].[MgH2]. The number of hydrogen-bond acceptors (Lipinski definition) is 6. The van der Waals surface area contributed by atoms with Gasteiger partial charge in [-0.1, -0.05) is 0 Å². The maximum absolute atomic E-state index is 10.7. The number of aliphatic carboxylic acids is 2. The standard InChI is InChI=1S/C7H8O9.3Mg.6H/c8-3(9)1-7(15,5(11)12)2-4(10)16-6(13)14;;;;;;;;;/h15H,1-2H2,(H,8,9)(H,11,12)(H,13,14);;;;;;;;;. The van der Waals surface area contributed by atoms with Crippen molar-refractivity contribution < 1.29 is 44.3 Å². The van der Waals surface area contributed by atoms with Gasteiger partial charge >= 0.3 is 93.2 Å². The largest absolute Gasteiger partial charge is 0.513 e. The highest BCUT2D eigenvalue weighted by Crippen LogP contribution is 2.16. The number of aliphatic hydroxyl groups is 1. The Hall–Kier alpha value is 0.139. The molecule has 102 valence electrons. The molecule has 0 aromatic carbocycles. The summed E-state index contributed by atoms with van der Waals surface area (Å²) in [4.78, 5) is 41.4. The van der Waals surface area contributed by atoms with E-state index in [-0.39, 0.29) is 69.2 Å². The highest BCUT2D eigenvalue weighted by Gasteiger charge is 2.41. The van der Waals surface area contributed by atoms with E-state index in [0.717, 1.165) is 0 Å². The molecule has 0 heterocycles. The van der Waals surface area contributed by atoms with Crippen molar-refractivity contribution >= 4 is 93.2 Å². The lowest BCUT2D eigenvalue weighted by molar-refractivity contribution is -0.170. The second-order valence-corrected chi connectivity index (χ2v) is 2.82. The van der Waals surface area contributed by atoms with Crippen molar-refractivity contribution in [1.82, 2.24) is 0 Å². The van der Waals surface area contributed by atoms with Crippen LogP contribution in [0.15, 0.2) is 0 Å². The Morgan fingerprint density at radius 1 is 0.895 bits per heavy atom. The fraction of sp³-hybridized carbons (Fsp3) is 0.429. The summed E-state index contributed by atoms with van der Waals surface area (Å²) >= 11 is 0. The van der Waals surface area contributed by atoms with Crippen LogP contribution in [0, 0.1) is 0 Å². The number of rotatable bonds is 5. The van der Waals surface area contributed by atoms with Crippen LogP contribution >= 0.6 is 0 Å². The van der Waals surface area contributed by atoms with E-state index in [2.05, 4.69) is 4.74 Å². The number of carboxylic acids is 2. The molecule has 0 amide bonds. The van der Waals surface area contributed by atoms with E-state index < -0.39 is 42.5 Å². The number of carbonyl (C=O) groups excluding carboxylic acids is 1. The maximum Gasteiger partial charge on any atom is 0.513 e. The zero-order valence-electron chi connectivity index (χ0n) is 7.74. The van der Waals surface area contributed by atoms with Gasteiger partial charge in [0.05, 0.1) is 12.8 Å². The van der Waals surface area contributed by atoms with Crippen LogP contribution in [0.4, 0.5) is 4.79 Å². The monoisotopic (exact) mass is 314 g/mol. The van der Waals surface area contributed by atoms with Crippen molar-refractivity contribution in [3.8, 4) is 0 Å². The topological polar surface area (TPSA) is 158 Å². The average molecular weight is 315 g/mol.